The van der Waals surface area contributed by atoms with E-state index in [1.54, 1.807) is 32.0 Å². The quantitative estimate of drug-likeness (QED) is 0.0843. The zero-order chi connectivity index (χ0) is 47.0. The number of nitrogens with zero attached hydrogens (tertiary/aromatic N) is 2. The second-order valence-corrected chi connectivity index (χ2v) is 17.8. The summed E-state index contributed by atoms with van der Waals surface area (Å²) in [5.41, 5.74) is 5.07. The summed E-state index contributed by atoms with van der Waals surface area (Å²) in [6.07, 6.45) is -10.2. The highest BCUT2D eigenvalue weighted by atomic mass is 79.9. The average Bonchev–Trinajstić information content (AvgIpc) is 3.29. The molecule has 0 radical (unpaired) electrons. The fourth-order valence-corrected chi connectivity index (χ4v) is 8.80. The predicted octanol–water partition coefficient (Wildman–Crippen LogP) is 8.20. The third kappa shape index (κ3) is 12.3. The van der Waals surface area contributed by atoms with Gasteiger partial charge in [-0.25, -0.2) is 4.98 Å². The summed E-state index contributed by atoms with van der Waals surface area (Å²) in [6.45, 7) is 10.7. The van der Waals surface area contributed by atoms with Crippen molar-refractivity contribution >= 4 is 21.7 Å². The molecule has 348 valence electrons. The number of ketones is 1. The van der Waals surface area contributed by atoms with E-state index in [2.05, 4.69) is 39.7 Å². The number of ether oxygens (including phenoxy) is 4. The number of carbonyl (C=O) groups is 1. The molecule has 2 saturated heterocycles. The number of alkyl halides is 3. The lowest BCUT2D eigenvalue weighted by Crippen LogP contribution is -2.59. The fourth-order valence-electron chi connectivity index (χ4n) is 8.33. The molecule has 7 rings (SSSR count). The lowest BCUT2D eigenvalue weighted by atomic mass is 9.79. The Morgan fingerprint density at radius 2 is 1.45 bits per heavy atom. The molecule has 4 aromatic carbocycles. The normalized spacial score (nSPS) is 26.2. The third-order valence-electron chi connectivity index (χ3n) is 12.4. The summed E-state index contributed by atoms with van der Waals surface area (Å²) in [5, 5.41) is 39.7. The summed E-state index contributed by atoms with van der Waals surface area (Å²) in [5.74, 6) is -0.173. The Balaban J connectivity index is 0.000000218. The van der Waals surface area contributed by atoms with Gasteiger partial charge in [0.05, 0.1) is 62.8 Å². The van der Waals surface area contributed by atoms with Crippen molar-refractivity contribution in [3.63, 3.8) is 0 Å². The third-order valence-corrected chi connectivity index (χ3v) is 12.9. The summed E-state index contributed by atoms with van der Waals surface area (Å²) >= 11 is 3.49. The molecule has 65 heavy (non-hydrogen) atoms. The second kappa shape index (κ2) is 22.4. The first kappa shape index (κ1) is 50.0. The van der Waals surface area contributed by atoms with E-state index >= 15 is 0 Å². The van der Waals surface area contributed by atoms with E-state index in [1.807, 2.05) is 85.8 Å². The molecule has 4 N–H and O–H groups in total. The maximum absolute atomic E-state index is 13.8. The number of aromatic nitrogens is 2. The minimum atomic E-state index is -4.56. The highest BCUT2D eigenvalue weighted by molar-refractivity contribution is 9.10. The lowest BCUT2D eigenvalue weighted by Gasteiger charge is -2.44. The number of hydrogen-bond acceptors (Lipinski definition) is 11. The van der Waals surface area contributed by atoms with E-state index < -0.39 is 61.0 Å². The van der Waals surface area contributed by atoms with Crippen molar-refractivity contribution in [2.75, 3.05) is 13.2 Å². The van der Waals surface area contributed by atoms with Gasteiger partial charge in [-0.05, 0) is 77.8 Å². The first-order valence-corrected chi connectivity index (χ1v) is 22.3. The van der Waals surface area contributed by atoms with Crippen LogP contribution in [-0.4, -0.2) is 98.2 Å². The monoisotopic (exact) mass is 964 g/mol. The summed E-state index contributed by atoms with van der Waals surface area (Å²) in [4.78, 5) is 21.0. The van der Waals surface area contributed by atoms with Gasteiger partial charge >= 0.3 is 6.18 Å². The number of halogens is 4. The smallest absolute Gasteiger partial charge is 0.394 e. The zero-order valence-corrected chi connectivity index (χ0v) is 38.4. The highest BCUT2D eigenvalue weighted by Gasteiger charge is 2.47. The predicted molar refractivity (Wildman–Crippen MR) is 241 cm³/mol. The minimum absolute atomic E-state index is 0.0418. The van der Waals surface area contributed by atoms with Crippen molar-refractivity contribution in [3.05, 3.63) is 153 Å². The Morgan fingerprint density at radius 1 is 0.785 bits per heavy atom. The maximum atomic E-state index is 13.8. The summed E-state index contributed by atoms with van der Waals surface area (Å²) in [7, 11) is 0. The molecule has 0 spiro atoms. The molecule has 2 aliphatic rings. The van der Waals surface area contributed by atoms with E-state index in [-0.39, 0.29) is 35.5 Å². The molecular formula is C50H56BrF3N2O9. The molecule has 5 aromatic rings. The van der Waals surface area contributed by atoms with E-state index in [0.29, 0.717) is 37.1 Å². The van der Waals surface area contributed by atoms with Crippen LogP contribution in [0.4, 0.5) is 13.2 Å². The van der Waals surface area contributed by atoms with Gasteiger partial charge in [0, 0.05) is 21.5 Å². The molecule has 2 aliphatic heterocycles. The van der Waals surface area contributed by atoms with Gasteiger partial charge in [0.15, 0.2) is 11.5 Å². The molecule has 3 heterocycles. The first-order valence-electron chi connectivity index (χ1n) is 21.5. The van der Waals surface area contributed by atoms with Gasteiger partial charge in [0.2, 0.25) is 0 Å². The van der Waals surface area contributed by atoms with Gasteiger partial charge in [0.25, 0.3) is 0 Å². The lowest BCUT2D eigenvalue weighted by molar-refractivity contribution is -0.233. The Labute approximate surface area is 385 Å². The first-order chi connectivity index (χ1) is 31.0. The van der Waals surface area contributed by atoms with Gasteiger partial charge < -0.3 is 39.4 Å². The summed E-state index contributed by atoms with van der Waals surface area (Å²) in [6, 6.07) is 31.0. The van der Waals surface area contributed by atoms with Crippen LogP contribution in [0.3, 0.4) is 0 Å². The number of aliphatic hydroxyl groups excluding tert-OH is 4. The molecule has 2 fully saturated rings. The van der Waals surface area contributed by atoms with E-state index in [0.717, 1.165) is 38.5 Å². The molecule has 15 heteroatoms. The average molecular weight is 966 g/mol. The van der Waals surface area contributed by atoms with Crippen LogP contribution in [0.2, 0.25) is 0 Å². The SMILES string of the molecule is Cc1cc(-c2cnc(C(F)(F)F)cn2)ccc1[C@@H](C)[C@H]1OC(CO)[C@@H](O)[C@H](O)C1O.Cc1cc(Br)ccc1C(=O)[C@H]1OC(COCc2ccccc2)[C@@H](C)[C@H](C)C1OCc1ccccc1. The van der Waals surface area contributed by atoms with Crippen molar-refractivity contribution < 1.29 is 57.3 Å². The van der Waals surface area contributed by atoms with Gasteiger partial charge in [-0.3, -0.25) is 9.78 Å². The van der Waals surface area contributed by atoms with Crippen LogP contribution < -0.4 is 0 Å². The van der Waals surface area contributed by atoms with E-state index in [9.17, 15) is 38.4 Å². The van der Waals surface area contributed by atoms with Gasteiger partial charge in [-0.2, -0.15) is 13.2 Å². The molecular weight excluding hydrogens is 909 g/mol. The highest BCUT2D eigenvalue weighted by Crippen LogP contribution is 2.37. The molecule has 4 unspecified atom stereocenters. The van der Waals surface area contributed by atoms with E-state index in [1.165, 1.54) is 0 Å². The number of aliphatic hydroxyl groups is 4. The van der Waals surface area contributed by atoms with Crippen LogP contribution in [0.1, 0.15) is 70.6 Å². The number of Topliss-reactive ketones (excluding diaryl/α,β-unsaturated/α-hetero) is 1. The molecule has 0 bridgehead atoms. The Bertz CT molecular complexity index is 2300. The number of hydrogen-bond donors (Lipinski definition) is 4. The second-order valence-electron chi connectivity index (χ2n) is 16.8. The Hall–Kier alpha value is -4.42. The van der Waals surface area contributed by atoms with Crippen LogP contribution in [0.5, 0.6) is 0 Å². The maximum Gasteiger partial charge on any atom is 0.434 e. The van der Waals surface area contributed by atoms with Crippen molar-refractivity contribution in [3.8, 4) is 11.3 Å². The number of aryl methyl sites for hydroxylation is 2. The Kier molecular flexibility index (Phi) is 17.2. The van der Waals surface area contributed by atoms with E-state index in [4.69, 9.17) is 18.9 Å². The van der Waals surface area contributed by atoms with Gasteiger partial charge in [-0.1, -0.05) is 109 Å². The van der Waals surface area contributed by atoms with Crippen molar-refractivity contribution in [1.82, 2.24) is 9.97 Å². The molecule has 0 saturated carbocycles. The largest absolute Gasteiger partial charge is 0.434 e. The van der Waals surface area contributed by atoms with Crippen LogP contribution in [0, 0.1) is 25.7 Å². The van der Waals surface area contributed by atoms with Crippen LogP contribution in [0.15, 0.2) is 114 Å². The minimum Gasteiger partial charge on any atom is -0.394 e. The number of benzene rings is 4. The fraction of sp³-hybridized carbons (Fsp3) is 0.420. The Morgan fingerprint density at radius 3 is 2.03 bits per heavy atom. The van der Waals surface area contributed by atoms with Crippen molar-refractivity contribution in [1.29, 1.82) is 0 Å². The topological polar surface area (TPSA) is 161 Å². The van der Waals surface area contributed by atoms with Crippen LogP contribution in [-0.2, 0) is 38.3 Å². The zero-order valence-electron chi connectivity index (χ0n) is 36.8. The molecule has 11 atom stereocenters. The van der Waals surface area contributed by atoms with Crippen molar-refractivity contribution in [2.24, 2.45) is 11.8 Å². The molecule has 0 amide bonds. The standard InChI is InChI=1S/C30H33BrO4.C20H23F3N2O5/c1-20-16-25(31)14-15-26(20)28(32)30-29(34-18-24-12-8-5-9-13-24)22(3)21(2)27(35-30)19-33-17-23-10-6-4-7-11-23;1-9-5-11(13-6-25-15(7-24-13)20(21,22)23)3-4-12(9)10(2)19-18(29)17(28)16(27)14(8-26)30-19/h4-16,21-22,27,29-30H,17-19H2,1-3H3;3-7,10,14,16-19,26-29H,8H2,1-2H3/t21-,22-,27?,29?,30+;10-,14?,16-,17+,18?,19-/m01/s1. The molecule has 0 aliphatic carbocycles. The number of carbonyl (C=O) groups excluding carboxylic acids is 1. The van der Waals surface area contributed by atoms with Crippen LogP contribution >= 0.6 is 15.9 Å². The molecule has 11 nitrogen and oxygen atoms in total. The summed E-state index contributed by atoms with van der Waals surface area (Å²) < 4.78 is 63.5. The van der Waals surface area contributed by atoms with Gasteiger partial charge in [0.1, 0.15) is 30.5 Å². The van der Waals surface area contributed by atoms with Crippen LogP contribution in [0.25, 0.3) is 11.3 Å². The number of rotatable bonds is 13. The van der Waals surface area contributed by atoms with Gasteiger partial charge in [-0.15, -0.1) is 0 Å². The molecule has 1 aromatic heterocycles. The van der Waals surface area contributed by atoms with Crippen molar-refractivity contribution in [2.45, 2.75) is 109 Å².